The van der Waals surface area contributed by atoms with E-state index in [-0.39, 0.29) is 0 Å². The average Bonchev–Trinajstić information content (AvgIpc) is 2.82. The number of rotatable bonds is 4. The summed E-state index contributed by atoms with van der Waals surface area (Å²) in [7, 11) is 1.79. The SMILES string of the molecule is COc1cccc2c1C[C@H]1C[C@H](C(C)N3CCC(O)(c4ccc(Cl)cc4)CC3)CN[C@@H]1C2. The quantitative estimate of drug-likeness (QED) is 0.718. The van der Waals surface area contributed by atoms with Gasteiger partial charge >= 0.3 is 0 Å². The summed E-state index contributed by atoms with van der Waals surface area (Å²) in [5.41, 5.74) is 3.12. The van der Waals surface area contributed by atoms with Crippen LogP contribution in [0.3, 0.4) is 0 Å². The Bertz CT molecular complexity index is 939. The van der Waals surface area contributed by atoms with Crippen LogP contribution in [0.4, 0.5) is 0 Å². The summed E-state index contributed by atoms with van der Waals surface area (Å²) < 4.78 is 5.66. The molecule has 4 nitrogen and oxygen atoms in total. The first-order valence-electron chi connectivity index (χ1n) is 12.1. The lowest BCUT2D eigenvalue weighted by Crippen LogP contribution is -2.55. The maximum absolute atomic E-state index is 11.2. The number of halogens is 1. The molecule has 0 spiro atoms. The van der Waals surface area contributed by atoms with Crippen LogP contribution in [0.15, 0.2) is 42.5 Å². The molecule has 2 saturated heterocycles. The van der Waals surface area contributed by atoms with Crippen molar-refractivity contribution in [2.24, 2.45) is 11.8 Å². The molecule has 5 heteroatoms. The fourth-order valence-corrected chi connectivity index (χ4v) is 6.44. The largest absolute Gasteiger partial charge is 0.496 e. The molecule has 5 rings (SSSR count). The summed E-state index contributed by atoms with van der Waals surface area (Å²) in [5.74, 6) is 2.35. The van der Waals surface area contributed by atoms with Gasteiger partial charge in [0.25, 0.3) is 0 Å². The van der Waals surface area contributed by atoms with Crippen LogP contribution in [0, 0.1) is 11.8 Å². The number of piperidine rings is 2. The first-order chi connectivity index (χ1) is 15.5. The maximum atomic E-state index is 11.2. The third-order valence-corrected chi connectivity index (χ3v) is 8.69. The van der Waals surface area contributed by atoms with Crippen LogP contribution in [0.5, 0.6) is 5.75 Å². The molecule has 172 valence electrons. The molecule has 2 heterocycles. The van der Waals surface area contributed by atoms with E-state index in [0.717, 1.165) is 61.7 Å². The van der Waals surface area contributed by atoms with Crippen LogP contribution in [-0.4, -0.2) is 48.8 Å². The van der Waals surface area contributed by atoms with E-state index in [9.17, 15) is 5.11 Å². The summed E-state index contributed by atoms with van der Waals surface area (Å²) in [5, 5.41) is 15.9. The Kier molecular flexibility index (Phi) is 6.23. The number of fused-ring (bicyclic) bond motifs is 2. The van der Waals surface area contributed by atoms with Crippen LogP contribution < -0.4 is 10.1 Å². The number of nitrogens with one attached hydrogen (secondary N) is 1. The third-order valence-electron chi connectivity index (χ3n) is 8.44. The van der Waals surface area contributed by atoms with Crippen molar-refractivity contribution in [2.75, 3.05) is 26.7 Å². The Hall–Kier alpha value is -1.59. The van der Waals surface area contributed by atoms with Crippen molar-refractivity contribution in [3.8, 4) is 5.75 Å². The molecule has 2 aromatic rings. The highest BCUT2D eigenvalue weighted by Crippen LogP contribution is 2.39. The van der Waals surface area contributed by atoms with Crippen molar-refractivity contribution in [2.45, 2.75) is 56.7 Å². The molecular formula is C27H35ClN2O2. The predicted octanol–water partition coefficient (Wildman–Crippen LogP) is 4.41. The van der Waals surface area contributed by atoms with Gasteiger partial charge in [-0.3, -0.25) is 0 Å². The van der Waals surface area contributed by atoms with Gasteiger partial charge in [0.15, 0.2) is 0 Å². The van der Waals surface area contributed by atoms with E-state index in [0.29, 0.717) is 23.9 Å². The van der Waals surface area contributed by atoms with E-state index in [1.54, 1.807) is 7.11 Å². The first-order valence-corrected chi connectivity index (χ1v) is 12.5. The van der Waals surface area contributed by atoms with Crippen molar-refractivity contribution in [1.82, 2.24) is 10.2 Å². The third kappa shape index (κ3) is 4.19. The topological polar surface area (TPSA) is 44.7 Å². The maximum Gasteiger partial charge on any atom is 0.122 e. The number of methoxy groups -OCH3 is 1. The number of nitrogens with zero attached hydrogens (tertiary/aromatic N) is 1. The van der Waals surface area contributed by atoms with Gasteiger partial charge in [-0.05, 0) is 92.3 Å². The van der Waals surface area contributed by atoms with Gasteiger partial charge in [-0.15, -0.1) is 0 Å². The van der Waals surface area contributed by atoms with E-state index < -0.39 is 5.60 Å². The number of ether oxygens (including phenoxy) is 1. The monoisotopic (exact) mass is 454 g/mol. The lowest BCUT2D eigenvalue weighted by atomic mass is 9.71. The molecule has 32 heavy (non-hydrogen) atoms. The Morgan fingerprint density at radius 1 is 1.12 bits per heavy atom. The minimum atomic E-state index is -0.736. The smallest absolute Gasteiger partial charge is 0.122 e. The van der Waals surface area contributed by atoms with Gasteiger partial charge in [0.2, 0.25) is 0 Å². The molecule has 2 aliphatic heterocycles. The lowest BCUT2D eigenvalue weighted by Gasteiger charge is -2.47. The van der Waals surface area contributed by atoms with Crippen LogP contribution in [0.1, 0.15) is 42.9 Å². The highest BCUT2D eigenvalue weighted by atomic mass is 35.5. The van der Waals surface area contributed by atoms with Crippen molar-refractivity contribution in [3.63, 3.8) is 0 Å². The minimum Gasteiger partial charge on any atom is -0.496 e. The number of hydrogen-bond donors (Lipinski definition) is 2. The van der Waals surface area contributed by atoms with Crippen molar-refractivity contribution in [3.05, 3.63) is 64.2 Å². The summed E-state index contributed by atoms with van der Waals surface area (Å²) >= 11 is 6.04. The first kappa shape index (κ1) is 22.2. The fourth-order valence-electron chi connectivity index (χ4n) is 6.31. The number of likely N-dealkylation sites (tertiary alicyclic amines) is 1. The summed E-state index contributed by atoms with van der Waals surface area (Å²) in [4.78, 5) is 2.59. The van der Waals surface area contributed by atoms with Gasteiger partial charge < -0.3 is 20.1 Å². The Morgan fingerprint density at radius 2 is 1.88 bits per heavy atom. The van der Waals surface area contributed by atoms with Gasteiger partial charge in [-0.2, -0.15) is 0 Å². The second-order valence-corrected chi connectivity index (χ2v) is 10.5. The zero-order valence-corrected chi connectivity index (χ0v) is 19.9. The van der Waals surface area contributed by atoms with Crippen LogP contribution in [0.2, 0.25) is 5.02 Å². The molecule has 0 radical (unpaired) electrons. The molecule has 2 fully saturated rings. The van der Waals surface area contributed by atoms with Crippen molar-refractivity contribution < 1.29 is 9.84 Å². The van der Waals surface area contributed by atoms with Gasteiger partial charge in [0, 0.05) is 30.2 Å². The molecule has 1 aliphatic carbocycles. The van der Waals surface area contributed by atoms with Crippen LogP contribution >= 0.6 is 11.6 Å². The van der Waals surface area contributed by atoms with Gasteiger partial charge in [0.1, 0.15) is 5.75 Å². The summed E-state index contributed by atoms with van der Waals surface area (Å²) in [6.45, 7) is 5.33. The number of benzene rings is 2. The number of hydrogen-bond acceptors (Lipinski definition) is 4. The van der Waals surface area contributed by atoms with Crippen LogP contribution in [-0.2, 0) is 18.4 Å². The van der Waals surface area contributed by atoms with Gasteiger partial charge in [0.05, 0.1) is 12.7 Å². The molecule has 2 N–H and O–H groups in total. The molecule has 0 saturated carbocycles. The average molecular weight is 455 g/mol. The molecular weight excluding hydrogens is 420 g/mol. The van der Waals surface area contributed by atoms with E-state index >= 15 is 0 Å². The second kappa shape index (κ2) is 8.98. The molecule has 1 unspecified atom stereocenters. The second-order valence-electron chi connectivity index (χ2n) is 10.1. The zero-order chi connectivity index (χ0) is 22.3. The zero-order valence-electron chi connectivity index (χ0n) is 19.2. The molecule has 0 amide bonds. The molecule has 2 aromatic carbocycles. The van der Waals surface area contributed by atoms with Gasteiger partial charge in [-0.25, -0.2) is 0 Å². The van der Waals surface area contributed by atoms with E-state index in [1.165, 1.54) is 17.5 Å². The number of aliphatic hydroxyl groups is 1. The highest BCUT2D eigenvalue weighted by molar-refractivity contribution is 6.30. The highest BCUT2D eigenvalue weighted by Gasteiger charge is 2.40. The molecule has 0 bridgehead atoms. The van der Waals surface area contributed by atoms with E-state index in [2.05, 4.69) is 35.3 Å². The standard InChI is InChI=1S/C27H35ClN2O2/c1-18(30-12-10-27(31,11-13-30)22-6-8-23(28)9-7-22)21-14-20-15-24-19(16-25(20)29-17-21)4-3-5-26(24)32-2/h3-9,18,20-21,25,29,31H,10-17H2,1-2H3/t18?,20-,21+,25-/m1/s1. The van der Waals surface area contributed by atoms with E-state index in [4.69, 9.17) is 16.3 Å². The molecule has 3 aliphatic rings. The Morgan fingerprint density at radius 3 is 2.59 bits per heavy atom. The summed E-state index contributed by atoms with van der Waals surface area (Å²) in [6, 6.07) is 15.3. The molecule has 4 atom stereocenters. The van der Waals surface area contributed by atoms with Gasteiger partial charge in [-0.1, -0.05) is 35.9 Å². The minimum absolute atomic E-state index is 0.511. The molecule has 0 aromatic heterocycles. The van der Waals surface area contributed by atoms with E-state index in [1.807, 2.05) is 24.3 Å². The lowest BCUT2D eigenvalue weighted by molar-refractivity contribution is -0.0430. The Labute approximate surface area is 196 Å². The van der Waals surface area contributed by atoms with Crippen LogP contribution in [0.25, 0.3) is 0 Å². The predicted molar refractivity (Wildman–Crippen MR) is 129 cm³/mol. The Balaban J connectivity index is 1.22. The van der Waals surface area contributed by atoms with Crippen molar-refractivity contribution in [1.29, 1.82) is 0 Å². The normalized spacial score (nSPS) is 28.4. The fraction of sp³-hybridized carbons (Fsp3) is 0.556. The summed E-state index contributed by atoms with van der Waals surface area (Å²) in [6.07, 6.45) is 5.02. The van der Waals surface area contributed by atoms with Crippen molar-refractivity contribution >= 4 is 11.6 Å².